The summed E-state index contributed by atoms with van der Waals surface area (Å²) in [6.07, 6.45) is 0. The molecule has 0 radical (unpaired) electrons. The molecule has 0 aliphatic rings. The maximum atomic E-state index is 13.7. The summed E-state index contributed by atoms with van der Waals surface area (Å²) in [5.41, 5.74) is -0.0191. The highest BCUT2D eigenvalue weighted by Gasteiger charge is 2.21. The lowest BCUT2D eigenvalue weighted by molar-refractivity contribution is 0.0955. The van der Waals surface area contributed by atoms with Crippen molar-refractivity contribution in [1.82, 2.24) is 5.32 Å². The first-order chi connectivity index (χ1) is 9.66. The van der Waals surface area contributed by atoms with Crippen molar-refractivity contribution in [2.24, 2.45) is 0 Å². The van der Waals surface area contributed by atoms with Crippen LogP contribution in [0.25, 0.3) is 0 Å². The van der Waals surface area contributed by atoms with E-state index in [0.717, 1.165) is 6.07 Å². The fourth-order valence-corrected chi connectivity index (χ4v) is 3.17. The van der Waals surface area contributed by atoms with Gasteiger partial charge in [-0.25, -0.2) is 12.8 Å². The molecule has 0 bridgehead atoms. The van der Waals surface area contributed by atoms with E-state index in [4.69, 9.17) is 10.7 Å². The first-order valence-corrected chi connectivity index (χ1v) is 9.84. The average molecular weight is 356 g/mol. The molecule has 1 aromatic carbocycles. The summed E-state index contributed by atoms with van der Waals surface area (Å²) in [5, 5.41) is 2.50. The fraction of sp³-hybridized carbons (Fsp3) is 0.417. The molecule has 0 aliphatic carbocycles. The maximum Gasteiger partial charge on any atom is 0.264 e. The largest absolute Gasteiger partial charge is 0.351 e. The van der Waals surface area contributed by atoms with Crippen molar-refractivity contribution in [3.05, 3.63) is 29.1 Å². The van der Waals surface area contributed by atoms with Crippen molar-refractivity contribution in [1.29, 1.82) is 0 Å². The number of carbonyl (C=O) groups is 1. The molecule has 1 atom stereocenters. The Bertz CT molecular complexity index is 676. The molecule has 0 aromatic heterocycles. The predicted molar refractivity (Wildman–Crippen MR) is 80.1 cm³/mol. The number of hydrogen-bond donors (Lipinski definition) is 1. The highest BCUT2D eigenvalue weighted by molar-refractivity contribution is 8.13. The molecular weight excluding hydrogens is 341 g/mol. The molecular formula is C12H15ClFNO4S2. The highest BCUT2D eigenvalue weighted by Crippen LogP contribution is 2.23. The summed E-state index contributed by atoms with van der Waals surface area (Å²) in [7, 11) is -0.162. The molecule has 1 unspecified atom stereocenters. The Morgan fingerprint density at radius 1 is 1.43 bits per heavy atom. The van der Waals surface area contributed by atoms with Crippen LogP contribution in [0.5, 0.6) is 0 Å². The summed E-state index contributed by atoms with van der Waals surface area (Å²) in [5.74, 6) is -0.773. The first kappa shape index (κ1) is 18.1. The van der Waals surface area contributed by atoms with E-state index in [1.807, 2.05) is 0 Å². The standard InChI is InChI=1S/C12H15ClFNO4S2/c1-3-20(17)5-4-15-12(16)9-6-8(2)11(14)10(7-9)21(13,18)19/h6-7H,3-5H2,1-2H3,(H,15,16). The zero-order valence-corrected chi connectivity index (χ0v) is 13.9. The van der Waals surface area contributed by atoms with Crippen LogP contribution in [0.3, 0.4) is 0 Å². The maximum absolute atomic E-state index is 13.7. The summed E-state index contributed by atoms with van der Waals surface area (Å²) in [6.45, 7) is 3.28. The van der Waals surface area contributed by atoms with Gasteiger partial charge in [-0.05, 0) is 24.6 Å². The number of nitrogens with one attached hydrogen (secondary N) is 1. The predicted octanol–water partition coefficient (Wildman–Crippen LogP) is 1.56. The number of halogens is 2. The van der Waals surface area contributed by atoms with Crippen LogP contribution in [0.4, 0.5) is 4.39 Å². The molecule has 0 saturated heterocycles. The van der Waals surface area contributed by atoms with Gasteiger partial charge in [0.25, 0.3) is 15.0 Å². The van der Waals surface area contributed by atoms with Gasteiger partial charge < -0.3 is 5.32 Å². The van der Waals surface area contributed by atoms with Crippen molar-refractivity contribution in [3.8, 4) is 0 Å². The van der Waals surface area contributed by atoms with E-state index in [0.29, 0.717) is 11.5 Å². The smallest absolute Gasteiger partial charge is 0.264 e. The molecule has 0 spiro atoms. The highest BCUT2D eigenvalue weighted by atomic mass is 35.7. The molecule has 0 heterocycles. The van der Waals surface area contributed by atoms with Crippen LogP contribution in [0.1, 0.15) is 22.8 Å². The quantitative estimate of drug-likeness (QED) is 0.785. The van der Waals surface area contributed by atoms with Crippen molar-refractivity contribution in [2.75, 3.05) is 18.1 Å². The molecule has 1 N–H and O–H groups in total. The minimum atomic E-state index is -4.28. The van der Waals surface area contributed by atoms with E-state index in [2.05, 4.69) is 5.32 Å². The molecule has 0 fully saturated rings. The number of carbonyl (C=O) groups excluding carboxylic acids is 1. The zero-order valence-electron chi connectivity index (χ0n) is 11.5. The monoisotopic (exact) mass is 355 g/mol. The summed E-state index contributed by atoms with van der Waals surface area (Å²) < 4.78 is 47.5. The summed E-state index contributed by atoms with van der Waals surface area (Å²) >= 11 is 0. The van der Waals surface area contributed by atoms with E-state index >= 15 is 0 Å². The molecule has 21 heavy (non-hydrogen) atoms. The molecule has 0 aliphatic heterocycles. The molecule has 1 rings (SSSR count). The Labute approximate surface area is 129 Å². The normalized spacial score (nSPS) is 13.0. The lowest BCUT2D eigenvalue weighted by Crippen LogP contribution is -2.28. The van der Waals surface area contributed by atoms with Gasteiger partial charge in [0.15, 0.2) is 0 Å². The number of aryl methyl sites for hydroxylation is 1. The first-order valence-electron chi connectivity index (χ1n) is 6.04. The number of benzene rings is 1. The number of hydrogen-bond acceptors (Lipinski definition) is 4. The third-order valence-corrected chi connectivity index (χ3v) is 5.31. The Hall–Kier alpha value is -0.990. The second-order valence-corrected chi connectivity index (χ2v) is 8.63. The fourth-order valence-electron chi connectivity index (χ4n) is 1.57. The van der Waals surface area contributed by atoms with E-state index in [-0.39, 0.29) is 17.7 Å². The van der Waals surface area contributed by atoms with Crippen LogP contribution in [-0.4, -0.2) is 36.6 Å². The Morgan fingerprint density at radius 2 is 2.05 bits per heavy atom. The van der Waals surface area contributed by atoms with Gasteiger partial charge in [0.1, 0.15) is 10.7 Å². The molecule has 118 valence electrons. The van der Waals surface area contributed by atoms with Gasteiger partial charge in [0.2, 0.25) is 0 Å². The number of rotatable bonds is 6. The summed E-state index contributed by atoms with van der Waals surface area (Å²) in [6, 6.07) is 2.11. The second kappa shape index (κ2) is 7.33. The zero-order chi connectivity index (χ0) is 16.2. The van der Waals surface area contributed by atoms with Crippen molar-refractivity contribution in [2.45, 2.75) is 18.7 Å². The SMILES string of the molecule is CCS(=O)CCNC(=O)c1cc(C)c(F)c(S(=O)(=O)Cl)c1. The van der Waals surface area contributed by atoms with Crippen LogP contribution >= 0.6 is 10.7 Å². The van der Waals surface area contributed by atoms with Gasteiger partial charge in [-0.2, -0.15) is 0 Å². The lowest BCUT2D eigenvalue weighted by atomic mass is 10.1. The van der Waals surface area contributed by atoms with Gasteiger partial charge in [-0.1, -0.05) is 6.92 Å². The summed E-state index contributed by atoms with van der Waals surface area (Å²) in [4.78, 5) is 11.2. The third-order valence-electron chi connectivity index (χ3n) is 2.68. The number of amides is 1. The van der Waals surface area contributed by atoms with E-state index in [1.54, 1.807) is 6.92 Å². The van der Waals surface area contributed by atoms with Crippen molar-refractivity contribution < 1.29 is 21.8 Å². The van der Waals surface area contributed by atoms with Crippen LogP contribution < -0.4 is 5.32 Å². The molecule has 1 amide bonds. The van der Waals surface area contributed by atoms with Crippen LogP contribution in [0, 0.1) is 12.7 Å². The topological polar surface area (TPSA) is 80.3 Å². The minimum Gasteiger partial charge on any atom is -0.351 e. The van der Waals surface area contributed by atoms with Crippen LogP contribution in [0.15, 0.2) is 17.0 Å². The van der Waals surface area contributed by atoms with Gasteiger partial charge in [-0.15, -0.1) is 0 Å². The van der Waals surface area contributed by atoms with Gasteiger partial charge in [-0.3, -0.25) is 9.00 Å². The minimum absolute atomic E-state index is 0.000917. The van der Waals surface area contributed by atoms with Crippen LogP contribution in [-0.2, 0) is 19.9 Å². The Kier molecular flexibility index (Phi) is 6.30. The molecule has 1 aromatic rings. The molecule has 9 heteroatoms. The van der Waals surface area contributed by atoms with Crippen LogP contribution in [0.2, 0.25) is 0 Å². The van der Waals surface area contributed by atoms with Gasteiger partial charge >= 0.3 is 0 Å². The Balaban J connectivity index is 2.96. The van der Waals surface area contributed by atoms with Gasteiger partial charge in [0, 0.05) is 45.1 Å². The molecule has 0 saturated carbocycles. The Morgan fingerprint density at radius 3 is 2.57 bits per heavy atom. The van der Waals surface area contributed by atoms with Crippen molar-refractivity contribution in [3.63, 3.8) is 0 Å². The third kappa shape index (κ3) is 5.05. The lowest BCUT2D eigenvalue weighted by Gasteiger charge is -2.08. The molecule has 5 nitrogen and oxygen atoms in total. The van der Waals surface area contributed by atoms with E-state index in [9.17, 15) is 21.8 Å². The second-order valence-electron chi connectivity index (χ2n) is 4.23. The average Bonchev–Trinajstić information content (AvgIpc) is 2.39. The van der Waals surface area contributed by atoms with Gasteiger partial charge in [0.05, 0.1) is 0 Å². The van der Waals surface area contributed by atoms with E-state index < -0.39 is 36.5 Å². The van der Waals surface area contributed by atoms with Crippen molar-refractivity contribution >= 4 is 36.4 Å². The van der Waals surface area contributed by atoms with E-state index in [1.165, 1.54) is 13.0 Å².